The van der Waals surface area contributed by atoms with Gasteiger partial charge in [0.25, 0.3) is 11.8 Å². The number of anilines is 2. The van der Waals surface area contributed by atoms with Gasteiger partial charge in [-0.15, -0.1) is 0 Å². The minimum atomic E-state index is -0.263. The molecule has 2 amide bonds. The van der Waals surface area contributed by atoms with Crippen molar-refractivity contribution in [2.24, 2.45) is 0 Å². The number of aromatic nitrogens is 2. The quantitative estimate of drug-likeness (QED) is 0.392. The molecule has 1 saturated heterocycles. The van der Waals surface area contributed by atoms with Crippen molar-refractivity contribution in [3.63, 3.8) is 0 Å². The standard InChI is InChI=1S/C26H26Cl2N6O4/c1-34-13-14-4-3-5-20(22(14)25(34)36)38-24-18(28)12-30-26(33-24)32-19-11-17(27)16(10-21(19)37-2)23(35)31-15-6-8-29-9-7-15/h3-5,10-12,15,29H,6-9,13H2,1-2H3,(H,31,35)(H,30,32,33). The zero-order valence-electron chi connectivity index (χ0n) is 20.8. The maximum Gasteiger partial charge on any atom is 0.258 e. The molecular formula is C26H26Cl2N6O4. The molecule has 0 bridgehead atoms. The maximum absolute atomic E-state index is 12.9. The number of hydrogen-bond acceptors (Lipinski definition) is 8. The van der Waals surface area contributed by atoms with E-state index in [0.717, 1.165) is 31.5 Å². The number of methoxy groups -OCH3 is 1. The fourth-order valence-electron chi connectivity index (χ4n) is 4.49. The SMILES string of the molecule is COc1cc(C(=O)NC2CCNCC2)c(Cl)cc1Nc1ncc(Cl)c(Oc2cccc3c2C(=O)N(C)C3)n1. The van der Waals surface area contributed by atoms with Crippen molar-refractivity contribution >= 4 is 46.7 Å². The smallest absolute Gasteiger partial charge is 0.258 e. The second-order valence-corrected chi connectivity index (χ2v) is 9.87. The lowest BCUT2D eigenvalue weighted by atomic mass is 10.1. The average Bonchev–Trinajstić information content (AvgIpc) is 3.20. The van der Waals surface area contributed by atoms with Gasteiger partial charge < -0.3 is 30.3 Å². The van der Waals surface area contributed by atoms with Crippen molar-refractivity contribution in [3.05, 3.63) is 63.3 Å². The molecule has 38 heavy (non-hydrogen) atoms. The molecule has 0 aliphatic carbocycles. The highest BCUT2D eigenvalue weighted by Gasteiger charge is 2.29. The number of nitrogens with one attached hydrogen (secondary N) is 3. The minimum Gasteiger partial charge on any atom is -0.495 e. The molecule has 0 saturated carbocycles. The summed E-state index contributed by atoms with van der Waals surface area (Å²) in [5.41, 5.74) is 2.09. The summed E-state index contributed by atoms with van der Waals surface area (Å²) in [6.45, 7) is 2.22. The predicted octanol–water partition coefficient (Wildman–Crippen LogP) is 4.40. The maximum atomic E-state index is 12.9. The fourth-order valence-corrected chi connectivity index (χ4v) is 4.86. The zero-order valence-corrected chi connectivity index (χ0v) is 22.3. The topological polar surface area (TPSA) is 118 Å². The Labute approximate surface area is 229 Å². The average molecular weight is 557 g/mol. The van der Waals surface area contributed by atoms with E-state index in [4.69, 9.17) is 32.7 Å². The van der Waals surface area contributed by atoms with Gasteiger partial charge in [-0.05, 0) is 49.7 Å². The molecule has 3 N–H and O–H groups in total. The van der Waals surface area contributed by atoms with Crippen LogP contribution in [0.5, 0.6) is 17.4 Å². The molecular weight excluding hydrogens is 531 g/mol. The molecule has 0 atom stereocenters. The van der Waals surface area contributed by atoms with Crippen LogP contribution < -0.4 is 25.4 Å². The van der Waals surface area contributed by atoms with E-state index in [1.807, 2.05) is 12.1 Å². The largest absolute Gasteiger partial charge is 0.495 e. The summed E-state index contributed by atoms with van der Waals surface area (Å²) in [5.74, 6) is 0.557. The van der Waals surface area contributed by atoms with E-state index in [9.17, 15) is 9.59 Å². The molecule has 12 heteroatoms. The van der Waals surface area contributed by atoms with Crippen LogP contribution in [-0.2, 0) is 6.54 Å². The van der Waals surface area contributed by atoms with Gasteiger partial charge in [0, 0.05) is 19.6 Å². The van der Waals surface area contributed by atoms with Crippen LogP contribution in [-0.4, -0.2) is 60.0 Å². The third-order valence-corrected chi connectivity index (χ3v) is 7.03. The van der Waals surface area contributed by atoms with Crippen LogP contribution in [0.3, 0.4) is 0 Å². The van der Waals surface area contributed by atoms with Gasteiger partial charge in [0.1, 0.15) is 16.5 Å². The number of carbonyl (C=O) groups excluding carboxylic acids is 2. The van der Waals surface area contributed by atoms with Crippen molar-refractivity contribution in [2.75, 3.05) is 32.6 Å². The van der Waals surface area contributed by atoms with Gasteiger partial charge in [-0.2, -0.15) is 4.98 Å². The molecule has 10 nitrogen and oxygen atoms in total. The number of hydrogen-bond donors (Lipinski definition) is 3. The second-order valence-electron chi connectivity index (χ2n) is 9.06. The summed E-state index contributed by atoms with van der Waals surface area (Å²) in [4.78, 5) is 35.7. The van der Waals surface area contributed by atoms with Crippen LogP contribution in [0.1, 0.15) is 39.1 Å². The van der Waals surface area contributed by atoms with E-state index in [0.29, 0.717) is 34.9 Å². The summed E-state index contributed by atoms with van der Waals surface area (Å²) in [6.07, 6.45) is 3.10. The number of halogens is 2. The highest BCUT2D eigenvalue weighted by atomic mass is 35.5. The van der Waals surface area contributed by atoms with Crippen molar-refractivity contribution in [1.82, 2.24) is 25.5 Å². The Morgan fingerprint density at radius 3 is 2.71 bits per heavy atom. The molecule has 0 unspecified atom stereocenters. The van der Waals surface area contributed by atoms with E-state index in [1.165, 1.54) is 13.3 Å². The second kappa shape index (κ2) is 11.0. The van der Waals surface area contributed by atoms with Crippen LogP contribution >= 0.6 is 23.2 Å². The number of fused-ring (bicyclic) bond motifs is 1. The van der Waals surface area contributed by atoms with E-state index < -0.39 is 0 Å². The first-order valence-corrected chi connectivity index (χ1v) is 12.8. The Morgan fingerprint density at radius 1 is 1.16 bits per heavy atom. The van der Waals surface area contributed by atoms with Crippen molar-refractivity contribution in [1.29, 1.82) is 0 Å². The predicted molar refractivity (Wildman–Crippen MR) is 144 cm³/mol. The van der Waals surface area contributed by atoms with Crippen LogP contribution in [0.4, 0.5) is 11.6 Å². The van der Waals surface area contributed by atoms with Gasteiger partial charge in [-0.25, -0.2) is 4.98 Å². The summed E-state index contributed by atoms with van der Waals surface area (Å²) < 4.78 is 11.5. The molecule has 2 aromatic carbocycles. The number of benzene rings is 2. The molecule has 2 aliphatic rings. The number of piperidine rings is 1. The van der Waals surface area contributed by atoms with Crippen LogP contribution in [0.2, 0.25) is 10.0 Å². The first-order chi connectivity index (χ1) is 18.3. The number of ether oxygens (including phenoxy) is 2. The molecule has 198 valence electrons. The highest BCUT2D eigenvalue weighted by Crippen LogP contribution is 2.37. The lowest BCUT2D eigenvalue weighted by Gasteiger charge is -2.24. The molecule has 5 rings (SSSR count). The first-order valence-electron chi connectivity index (χ1n) is 12.1. The molecule has 1 fully saturated rings. The van der Waals surface area contributed by atoms with E-state index in [1.54, 1.807) is 30.1 Å². The van der Waals surface area contributed by atoms with Crippen molar-refractivity contribution < 1.29 is 19.1 Å². The van der Waals surface area contributed by atoms with Crippen LogP contribution in [0.15, 0.2) is 36.5 Å². The van der Waals surface area contributed by atoms with Gasteiger partial charge in [0.05, 0.1) is 35.1 Å². The fraction of sp³-hybridized carbons (Fsp3) is 0.308. The monoisotopic (exact) mass is 556 g/mol. The van der Waals surface area contributed by atoms with Gasteiger partial charge in [0.2, 0.25) is 11.8 Å². The molecule has 0 radical (unpaired) electrons. The van der Waals surface area contributed by atoms with Gasteiger partial charge >= 0.3 is 0 Å². The number of carbonyl (C=O) groups is 2. The molecule has 3 heterocycles. The number of amides is 2. The highest BCUT2D eigenvalue weighted by molar-refractivity contribution is 6.34. The minimum absolute atomic E-state index is 0.0722. The zero-order chi connectivity index (χ0) is 26.8. The van der Waals surface area contributed by atoms with Crippen molar-refractivity contribution in [2.45, 2.75) is 25.4 Å². The summed E-state index contributed by atoms with van der Waals surface area (Å²) in [7, 11) is 3.22. The van der Waals surface area contributed by atoms with Crippen LogP contribution in [0.25, 0.3) is 0 Å². The Morgan fingerprint density at radius 2 is 1.95 bits per heavy atom. The molecule has 3 aromatic rings. The first kappa shape index (κ1) is 26.0. The molecule has 1 aromatic heterocycles. The Kier molecular flexibility index (Phi) is 7.55. The Balaban J connectivity index is 1.37. The van der Waals surface area contributed by atoms with Gasteiger partial charge in [-0.1, -0.05) is 35.3 Å². The van der Waals surface area contributed by atoms with E-state index >= 15 is 0 Å². The normalized spacial score (nSPS) is 15.3. The summed E-state index contributed by atoms with van der Waals surface area (Å²) in [5, 5.41) is 9.77. The van der Waals surface area contributed by atoms with Crippen molar-refractivity contribution in [3.8, 4) is 17.4 Å². The lowest BCUT2D eigenvalue weighted by molar-refractivity contribution is 0.0814. The van der Waals surface area contributed by atoms with E-state index in [-0.39, 0.29) is 39.7 Å². The molecule has 2 aliphatic heterocycles. The lowest BCUT2D eigenvalue weighted by Crippen LogP contribution is -2.42. The molecule has 0 spiro atoms. The van der Waals surface area contributed by atoms with Crippen LogP contribution in [0, 0.1) is 0 Å². The summed E-state index contributed by atoms with van der Waals surface area (Å²) in [6, 6.07) is 8.62. The summed E-state index contributed by atoms with van der Waals surface area (Å²) >= 11 is 12.8. The third kappa shape index (κ3) is 5.33. The van der Waals surface area contributed by atoms with E-state index in [2.05, 4.69) is 25.9 Å². The Bertz CT molecular complexity index is 1400. The van der Waals surface area contributed by atoms with Gasteiger partial charge in [0.15, 0.2) is 0 Å². The number of nitrogens with zero attached hydrogens (tertiary/aromatic N) is 3. The number of rotatable bonds is 7. The van der Waals surface area contributed by atoms with Gasteiger partial charge in [-0.3, -0.25) is 9.59 Å². The third-order valence-electron chi connectivity index (χ3n) is 6.45. The Hall–Kier alpha value is -3.60.